The van der Waals surface area contributed by atoms with Crippen LogP contribution in [-0.2, 0) is 4.79 Å². The predicted molar refractivity (Wildman–Crippen MR) is 70.9 cm³/mol. The highest BCUT2D eigenvalue weighted by atomic mass is 16.1. The van der Waals surface area contributed by atoms with Crippen LogP contribution in [0.25, 0.3) is 0 Å². The van der Waals surface area contributed by atoms with Crippen LogP contribution in [0.5, 0.6) is 0 Å². The molecule has 2 N–H and O–H groups in total. The Bertz CT molecular complexity index is 265. The molecule has 1 aliphatic heterocycles. The van der Waals surface area contributed by atoms with Gasteiger partial charge in [0.05, 0.1) is 0 Å². The van der Waals surface area contributed by atoms with Gasteiger partial charge in [0.2, 0.25) is 5.91 Å². The summed E-state index contributed by atoms with van der Waals surface area (Å²) in [4.78, 5) is 13.9. The first kappa shape index (κ1) is 14.5. The maximum absolute atomic E-state index is 11.5. The first-order valence-corrected chi connectivity index (χ1v) is 6.51. The summed E-state index contributed by atoms with van der Waals surface area (Å²) in [5, 5.41) is 6.16. The quantitative estimate of drug-likeness (QED) is 0.761. The van der Waals surface area contributed by atoms with Crippen molar-refractivity contribution in [3.8, 4) is 0 Å². The van der Waals surface area contributed by atoms with Gasteiger partial charge in [-0.2, -0.15) is 0 Å². The van der Waals surface area contributed by atoms with Crippen molar-refractivity contribution in [3.63, 3.8) is 0 Å². The molecule has 0 aromatic carbocycles. The zero-order chi connectivity index (χ0) is 13.1. The van der Waals surface area contributed by atoms with Gasteiger partial charge in [0.1, 0.15) is 0 Å². The zero-order valence-electron chi connectivity index (χ0n) is 11.8. The van der Waals surface area contributed by atoms with Gasteiger partial charge >= 0.3 is 0 Å². The summed E-state index contributed by atoms with van der Waals surface area (Å²) in [5.74, 6) is 0.180. The lowest BCUT2D eigenvalue weighted by Crippen LogP contribution is -2.54. The number of nitrogens with one attached hydrogen (secondary N) is 2. The molecule has 100 valence electrons. The van der Waals surface area contributed by atoms with E-state index in [2.05, 4.69) is 36.4 Å². The molecule has 1 fully saturated rings. The Hall–Kier alpha value is -0.610. The second-order valence-corrected chi connectivity index (χ2v) is 5.92. The van der Waals surface area contributed by atoms with Crippen LogP contribution in [-0.4, -0.2) is 50.6 Å². The van der Waals surface area contributed by atoms with Crippen LogP contribution in [0.1, 0.15) is 27.2 Å². The molecule has 17 heavy (non-hydrogen) atoms. The van der Waals surface area contributed by atoms with Crippen molar-refractivity contribution < 1.29 is 4.79 Å². The maximum Gasteiger partial charge on any atom is 0.223 e. The molecule has 2 unspecified atom stereocenters. The topological polar surface area (TPSA) is 44.4 Å². The minimum Gasteiger partial charge on any atom is -0.359 e. The average molecular weight is 241 g/mol. The summed E-state index contributed by atoms with van der Waals surface area (Å²) in [5.41, 5.74) is 0.273. The molecule has 0 spiro atoms. The van der Waals surface area contributed by atoms with E-state index in [0.29, 0.717) is 6.04 Å². The second-order valence-electron chi connectivity index (χ2n) is 5.92. The van der Waals surface area contributed by atoms with Crippen LogP contribution in [0, 0.1) is 11.3 Å². The molecule has 0 aromatic heterocycles. The molecular formula is C13H27N3O. The van der Waals surface area contributed by atoms with Gasteiger partial charge in [-0.05, 0) is 25.4 Å². The maximum atomic E-state index is 11.5. The van der Waals surface area contributed by atoms with Crippen LogP contribution in [0.3, 0.4) is 0 Å². The van der Waals surface area contributed by atoms with Crippen molar-refractivity contribution in [2.45, 2.75) is 33.2 Å². The minimum absolute atomic E-state index is 0.0516. The molecule has 1 heterocycles. The number of hydrogen-bond donors (Lipinski definition) is 2. The van der Waals surface area contributed by atoms with Gasteiger partial charge in [0, 0.05) is 32.1 Å². The molecule has 1 rings (SSSR count). The third-order valence-electron chi connectivity index (χ3n) is 3.87. The molecule has 0 aliphatic carbocycles. The third-order valence-corrected chi connectivity index (χ3v) is 3.87. The fourth-order valence-corrected chi connectivity index (χ4v) is 2.86. The van der Waals surface area contributed by atoms with Crippen LogP contribution in [0.4, 0.5) is 0 Å². The van der Waals surface area contributed by atoms with Crippen LogP contribution < -0.4 is 10.6 Å². The van der Waals surface area contributed by atoms with Crippen LogP contribution in [0.15, 0.2) is 0 Å². The fourth-order valence-electron chi connectivity index (χ4n) is 2.86. The number of carbonyl (C=O) groups is 1. The summed E-state index contributed by atoms with van der Waals surface area (Å²) in [6.07, 6.45) is 1.16. The Morgan fingerprint density at radius 1 is 1.59 bits per heavy atom. The van der Waals surface area contributed by atoms with Gasteiger partial charge in [-0.15, -0.1) is 0 Å². The number of piperidine rings is 1. The predicted octanol–water partition coefficient (Wildman–Crippen LogP) is 0.688. The number of nitrogens with zero attached hydrogens (tertiary/aromatic N) is 1. The monoisotopic (exact) mass is 241 g/mol. The molecule has 4 heteroatoms. The van der Waals surface area contributed by atoms with Gasteiger partial charge in [0.15, 0.2) is 0 Å². The van der Waals surface area contributed by atoms with E-state index in [4.69, 9.17) is 0 Å². The zero-order valence-corrected chi connectivity index (χ0v) is 11.8. The van der Waals surface area contributed by atoms with E-state index in [9.17, 15) is 4.79 Å². The van der Waals surface area contributed by atoms with Crippen molar-refractivity contribution >= 4 is 5.91 Å². The van der Waals surface area contributed by atoms with E-state index < -0.39 is 0 Å². The van der Waals surface area contributed by atoms with Crippen molar-refractivity contribution in [1.82, 2.24) is 15.5 Å². The van der Waals surface area contributed by atoms with Crippen molar-refractivity contribution in [2.75, 3.05) is 33.7 Å². The molecule has 1 saturated heterocycles. The van der Waals surface area contributed by atoms with Crippen molar-refractivity contribution in [3.05, 3.63) is 0 Å². The Labute approximate surface area is 105 Å². The van der Waals surface area contributed by atoms with Gasteiger partial charge in [0.25, 0.3) is 0 Å². The van der Waals surface area contributed by atoms with Crippen LogP contribution in [0.2, 0.25) is 0 Å². The minimum atomic E-state index is 0.0516. The van der Waals surface area contributed by atoms with E-state index in [-0.39, 0.29) is 17.2 Å². The number of carbonyl (C=O) groups excluding carboxylic acids is 1. The molecular weight excluding hydrogens is 214 g/mol. The lowest BCUT2D eigenvalue weighted by Gasteiger charge is -2.44. The fraction of sp³-hybridized carbons (Fsp3) is 0.923. The highest BCUT2D eigenvalue weighted by Gasteiger charge is 2.35. The van der Waals surface area contributed by atoms with Crippen molar-refractivity contribution in [2.24, 2.45) is 11.3 Å². The standard InChI is InChI=1S/C13H27N3O/c1-10(12(17)14-4)8-16(5)11-6-7-15-9-13(11,2)3/h10-11,15H,6-9H2,1-5H3,(H,14,17). The van der Waals surface area contributed by atoms with Gasteiger partial charge in [-0.1, -0.05) is 20.8 Å². The van der Waals surface area contributed by atoms with Crippen LogP contribution >= 0.6 is 0 Å². The number of amides is 1. The van der Waals surface area contributed by atoms with Gasteiger partial charge < -0.3 is 15.5 Å². The average Bonchev–Trinajstić information content (AvgIpc) is 2.26. The van der Waals surface area contributed by atoms with Gasteiger partial charge in [-0.25, -0.2) is 0 Å². The lowest BCUT2D eigenvalue weighted by atomic mass is 9.79. The summed E-state index contributed by atoms with van der Waals surface area (Å²) in [6.45, 7) is 9.54. The number of hydrogen-bond acceptors (Lipinski definition) is 3. The SMILES string of the molecule is CNC(=O)C(C)CN(C)C1CCNCC1(C)C. The Kier molecular flexibility index (Phi) is 4.95. The highest BCUT2D eigenvalue weighted by molar-refractivity contribution is 5.78. The van der Waals surface area contributed by atoms with E-state index in [1.807, 2.05) is 6.92 Å². The second kappa shape index (κ2) is 5.83. The summed E-state index contributed by atoms with van der Waals surface area (Å²) in [6, 6.07) is 0.552. The lowest BCUT2D eigenvalue weighted by molar-refractivity contribution is -0.124. The molecule has 0 radical (unpaired) electrons. The van der Waals surface area contributed by atoms with E-state index in [1.165, 1.54) is 0 Å². The summed E-state index contributed by atoms with van der Waals surface area (Å²) < 4.78 is 0. The third kappa shape index (κ3) is 3.68. The molecule has 0 aromatic rings. The largest absolute Gasteiger partial charge is 0.359 e. The smallest absolute Gasteiger partial charge is 0.223 e. The van der Waals surface area contributed by atoms with E-state index >= 15 is 0 Å². The van der Waals surface area contributed by atoms with E-state index in [1.54, 1.807) is 7.05 Å². The first-order valence-electron chi connectivity index (χ1n) is 6.51. The molecule has 2 atom stereocenters. The number of rotatable bonds is 4. The molecule has 1 amide bonds. The van der Waals surface area contributed by atoms with Crippen molar-refractivity contribution in [1.29, 1.82) is 0 Å². The van der Waals surface area contributed by atoms with Gasteiger partial charge in [-0.3, -0.25) is 4.79 Å². The highest BCUT2D eigenvalue weighted by Crippen LogP contribution is 2.29. The summed E-state index contributed by atoms with van der Waals surface area (Å²) in [7, 11) is 3.84. The molecule has 1 aliphatic rings. The molecule has 0 saturated carbocycles. The Morgan fingerprint density at radius 3 is 2.76 bits per heavy atom. The molecule has 4 nitrogen and oxygen atoms in total. The summed E-state index contributed by atoms with van der Waals surface area (Å²) >= 11 is 0. The Balaban J connectivity index is 2.56. The Morgan fingerprint density at radius 2 is 2.24 bits per heavy atom. The molecule has 0 bridgehead atoms. The normalized spacial score (nSPS) is 25.6. The first-order chi connectivity index (χ1) is 7.88. The van der Waals surface area contributed by atoms with E-state index in [0.717, 1.165) is 26.1 Å².